The Hall–Kier alpha value is -3.52. The number of benzene rings is 1. The fourth-order valence-corrected chi connectivity index (χ4v) is 5.14. The van der Waals surface area contributed by atoms with Crippen molar-refractivity contribution in [1.29, 1.82) is 0 Å². The van der Waals surface area contributed by atoms with Gasteiger partial charge in [0.05, 0.1) is 40.4 Å². The van der Waals surface area contributed by atoms with Gasteiger partial charge in [0.2, 0.25) is 0 Å². The van der Waals surface area contributed by atoms with Gasteiger partial charge in [0.25, 0.3) is 5.56 Å². The van der Waals surface area contributed by atoms with E-state index in [1.807, 2.05) is 18.2 Å². The summed E-state index contributed by atoms with van der Waals surface area (Å²) in [5, 5.41) is 15.5. The highest BCUT2D eigenvalue weighted by molar-refractivity contribution is 6.14. The van der Waals surface area contributed by atoms with Gasteiger partial charge in [-0.3, -0.25) is 4.79 Å². The van der Waals surface area contributed by atoms with Gasteiger partial charge in [-0.1, -0.05) is 26.8 Å². The molecule has 2 aromatic heterocycles. The molecule has 0 radical (unpaired) electrons. The third-order valence-electron chi connectivity index (χ3n) is 6.82. The first-order chi connectivity index (χ1) is 15.8. The zero-order chi connectivity index (χ0) is 23.1. The van der Waals surface area contributed by atoms with Gasteiger partial charge in [-0.05, 0) is 30.5 Å². The van der Waals surface area contributed by atoms with Crippen molar-refractivity contribution >= 4 is 34.1 Å². The topological polar surface area (TPSA) is 106 Å². The fourth-order valence-electron chi connectivity index (χ4n) is 5.14. The molecule has 1 atom stereocenters. The number of nitrogens with one attached hydrogen (secondary N) is 1. The minimum Gasteiger partial charge on any atom is -0.458 e. The summed E-state index contributed by atoms with van der Waals surface area (Å²) in [5.74, 6) is 0.602. The Labute approximate surface area is 189 Å². The summed E-state index contributed by atoms with van der Waals surface area (Å²) in [5.41, 5.74) is 3.34. The maximum absolute atomic E-state index is 13.5. The van der Waals surface area contributed by atoms with Crippen molar-refractivity contribution in [2.24, 2.45) is 10.9 Å². The van der Waals surface area contributed by atoms with Crippen LogP contribution < -0.4 is 10.9 Å². The van der Waals surface area contributed by atoms with Gasteiger partial charge in [-0.25, -0.2) is 14.8 Å². The summed E-state index contributed by atoms with van der Waals surface area (Å²) in [6.07, 6.45) is 0.919. The summed E-state index contributed by atoms with van der Waals surface area (Å²) in [6, 6.07) is 7.60. The van der Waals surface area contributed by atoms with Gasteiger partial charge < -0.3 is 19.7 Å². The van der Waals surface area contributed by atoms with Crippen LogP contribution in [-0.2, 0) is 28.3 Å². The molecule has 3 aromatic rings. The largest absolute Gasteiger partial charge is 0.458 e. The molecule has 0 aliphatic carbocycles. The first-order valence-electron chi connectivity index (χ1n) is 11.3. The molecule has 3 aliphatic rings. The van der Waals surface area contributed by atoms with Crippen molar-refractivity contribution in [3.8, 4) is 11.4 Å². The molecule has 0 bridgehead atoms. The molecular formula is C25H24N4O4. The second-order valence-corrected chi connectivity index (χ2v) is 9.37. The Bertz CT molecular complexity index is 1470. The number of hydrogen-bond acceptors (Lipinski definition) is 7. The van der Waals surface area contributed by atoms with Crippen molar-refractivity contribution in [3.63, 3.8) is 0 Å². The van der Waals surface area contributed by atoms with Crippen LogP contribution in [0.5, 0.6) is 0 Å². The smallest absolute Gasteiger partial charge is 0.343 e. The average molecular weight is 444 g/mol. The molecule has 1 aromatic carbocycles. The lowest BCUT2D eigenvalue weighted by atomic mass is 9.86. The normalized spacial score (nSPS) is 20.2. The third kappa shape index (κ3) is 2.67. The lowest BCUT2D eigenvalue weighted by molar-refractivity contribution is -0.172. The Morgan fingerprint density at radius 2 is 2.09 bits per heavy atom. The molecule has 0 unspecified atom stereocenters. The molecule has 0 spiro atoms. The van der Waals surface area contributed by atoms with Crippen LogP contribution in [0, 0.1) is 5.92 Å². The minimum absolute atomic E-state index is 0.116. The number of hydrogen-bond donors (Lipinski definition) is 2. The summed E-state index contributed by atoms with van der Waals surface area (Å²) in [6.45, 7) is 6.21. The van der Waals surface area contributed by atoms with Crippen LogP contribution in [-0.4, -0.2) is 26.5 Å². The van der Waals surface area contributed by atoms with Crippen LogP contribution in [0.2, 0.25) is 0 Å². The summed E-state index contributed by atoms with van der Waals surface area (Å²) in [7, 11) is 0. The molecular weight excluding hydrogens is 420 g/mol. The van der Waals surface area contributed by atoms with E-state index in [2.05, 4.69) is 19.2 Å². The summed E-state index contributed by atoms with van der Waals surface area (Å²) < 4.78 is 6.83. The number of fused-ring (bicyclic) bond motifs is 5. The molecule has 3 aliphatic heterocycles. The van der Waals surface area contributed by atoms with Crippen molar-refractivity contribution in [2.45, 2.75) is 52.4 Å². The zero-order valence-corrected chi connectivity index (χ0v) is 18.7. The first-order valence-corrected chi connectivity index (χ1v) is 11.3. The monoisotopic (exact) mass is 444 g/mol. The number of aromatic nitrogens is 2. The van der Waals surface area contributed by atoms with E-state index in [0.29, 0.717) is 35.0 Å². The van der Waals surface area contributed by atoms with E-state index in [9.17, 15) is 14.7 Å². The van der Waals surface area contributed by atoms with Gasteiger partial charge in [0.1, 0.15) is 12.4 Å². The van der Waals surface area contributed by atoms with E-state index in [0.717, 1.165) is 40.1 Å². The number of rotatable bonds is 3. The Balaban J connectivity index is 1.60. The molecule has 8 nitrogen and oxygen atoms in total. The number of anilines is 1. The molecule has 0 saturated carbocycles. The van der Waals surface area contributed by atoms with E-state index in [4.69, 9.17) is 14.7 Å². The van der Waals surface area contributed by atoms with E-state index in [-0.39, 0.29) is 18.6 Å². The van der Waals surface area contributed by atoms with E-state index in [1.54, 1.807) is 17.6 Å². The van der Waals surface area contributed by atoms with E-state index < -0.39 is 11.6 Å². The standard InChI is InChI=1S/C25H24N4O4/c1-4-25(32)15-9-18-21-13(10-29(18)23(30)14(15)11-33-24(25)31)22-20-16(6-5-7-17(20)27-21)26-19(28-22)8-12(2)3/h5-7,9,12,32H,4,8,10-11H2,1-3H3,(H,26,28)/t25-/m0/s1. The van der Waals surface area contributed by atoms with Gasteiger partial charge in [-0.2, -0.15) is 0 Å². The number of aliphatic imine (C=N–C) groups is 1. The van der Waals surface area contributed by atoms with Crippen molar-refractivity contribution in [3.05, 3.63) is 51.3 Å². The fraction of sp³-hybridized carbons (Fsp3) is 0.360. The van der Waals surface area contributed by atoms with Gasteiger partial charge >= 0.3 is 5.97 Å². The first kappa shape index (κ1) is 20.1. The number of aliphatic hydroxyl groups is 1. The van der Waals surface area contributed by atoms with E-state index >= 15 is 0 Å². The lowest BCUT2D eigenvalue weighted by Crippen LogP contribution is -2.44. The Kier molecular flexibility index (Phi) is 4.11. The number of amidine groups is 1. The molecule has 0 fully saturated rings. The maximum Gasteiger partial charge on any atom is 0.343 e. The third-order valence-corrected chi connectivity index (χ3v) is 6.82. The van der Waals surface area contributed by atoms with Crippen molar-refractivity contribution in [1.82, 2.24) is 9.55 Å². The Morgan fingerprint density at radius 1 is 1.27 bits per heavy atom. The number of ether oxygens (including phenoxy) is 1. The number of carbonyl (C=O) groups excluding carboxylic acids is 1. The van der Waals surface area contributed by atoms with E-state index in [1.165, 1.54) is 0 Å². The molecule has 2 N–H and O–H groups in total. The average Bonchev–Trinajstić information content (AvgIpc) is 3.16. The molecule has 6 rings (SSSR count). The molecule has 33 heavy (non-hydrogen) atoms. The molecule has 8 heteroatoms. The van der Waals surface area contributed by atoms with Gasteiger partial charge in [-0.15, -0.1) is 0 Å². The Morgan fingerprint density at radius 3 is 2.85 bits per heavy atom. The highest BCUT2D eigenvalue weighted by Crippen LogP contribution is 2.45. The molecule has 168 valence electrons. The van der Waals surface area contributed by atoms with Crippen LogP contribution >= 0.6 is 0 Å². The van der Waals surface area contributed by atoms with Crippen LogP contribution in [0.4, 0.5) is 11.4 Å². The second-order valence-electron chi connectivity index (χ2n) is 9.37. The number of carbonyl (C=O) groups is 1. The van der Waals surface area contributed by atoms with Crippen LogP contribution in [0.3, 0.4) is 0 Å². The van der Waals surface area contributed by atoms with Gasteiger partial charge in [0.15, 0.2) is 5.60 Å². The number of esters is 1. The molecule has 0 saturated heterocycles. The zero-order valence-electron chi connectivity index (χ0n) is 18.7. The quantitative estimate of drug-likeness (QED) is 0.468. The minimum atomic E-state index is -1.83. The molecule has 5 heterocycles. The van der Waals surface area contributed by atoms with Gasteiger partial charge in [0, 0.05) is 22.9 Å². The summed E-state index contributed by atoms with van der Waals surface area (Å²) in [4.78, 5) is 35.6. The highest BCUT2D eigenvalue weighted by Gasteiger charge is 2.45. The summed E-state index contributed by atoms with van der Waals surface area (Å²) >= 11 is 0. The number of pyridine rings is 2. The predicted molar refractivity (Wildman–Crippen MR) is 125 cm³/mol. The van der Waals surface area contributed by atoms with Crippen LogP contribution in [0.15, 0.2) is 34.1 Å². The maximum atomic E-state index is 13.5. The van der Waals surface area contributed by atoms with Crippen LogP contribution in [0.25, 0.3) is 22.3 Å². The van der Waals surface area contributed by atoms with Crippen molar-refractivity contribution < 1.29 is 14.6 Å². The predicted octanol–water partition coefficient (Wildman–Crippen LogP) is 3.58. The lowest BCUT2D eigenvalue weighted by Gasteiger charge is -2.31. The SMILES string of the molecule is CC[C@@]1(O)C(=O)OCc2c1cc1n(c2=O)Cc2c-1nc1cccc3c1c2NC(CC(C)C)=N3. The van der Waals surface area contributed by atoms with Crippen molar-refractivity contribution in [2.75, 3.05) is 5.32 Å². The second kappa shape index (κ2) is 6.74. The van der Waals surface area contributed by atoms with Crippen LogP contribution in [0.1, 0.15) is 50.3 Å². The number of cyclic esters (lactones) is 1. The number of nitrogens with zero attached hydrogens (tertiary/aromatic N) is 3. The molecule has 0 amide bonds. The highest BCUT2D eigenvalue weighted by atomic mass is 16.6.